The van der Waals surface area contributed by atoms with Gasteiger partial charge in [-0.1, -0.05) is 55.1 Å². The summed E-state index contributed by atoms with van der Waals surface area (Å²) in [4.78, 5) is 21.2. The van der Waals surface area contributed by atoms with Crippen LogP contribution in [0.3, 0.4) is 0 Å². The molecular formula is C25H23N3O3S. The maximum Gasteiger partial charge on any atom is 0.364 e. The molecule has 7 heteroatoms. The van der Waals surface area contributed by atoms with Crippen molar-refractivity contribution in [3.8, 4) is 5.75 Å². The van der Waals surface area contributed by atoms with Crippen LogP contribution in [-0.2, 0) is 22.7 Å². The first-order valence-electron chi connectivity index (χ1n) is 10.5. The van der Waals surface area contributed by atoms with Crippen LogP contribution in [0.2, 0.25) is 0 Å². The molecule has 0 radical (unpaired) electrons. The Kier molecular flexibility index (Phi) is 4.93. The van der Waals surface area contributed by atoms with Crippen molar-refractivity contribution in [3.05, 3.63) is 82.8 Å². The Hall–Kier alpha value is -3.32. The number of pyridine rings is 1. The summed E-state index contributed by atoms with van der Waals surface area (Å²) in [6, 6.07) is 17.0. The molecule has 0 aliphatic carbocycles. The monoisotopic (exact) mass is 445 g/mol. The summed E-state index contributed by atoms with van der Waals surface area (Å²) in [5.74, 6) is 0.540. The standard InChI is InChI=1S/C25H23N3O3S/c1-4-21-27-22-15(2)12-16(3)26-23(22)28(21)14-17-10-11-20-19(13-17)31-25(32-20,24(29)30)18-8-6-5-7-9-18/h5-13H,4,14H2,1-3H3,(H,29,30). The lowest BCUT2D eigenvalue weighted by Crippen LogP contribution is -2.35. The van der Waals surface area contributed by atoms with E-state index in [1.54, 1.807) is 12.1 Å². The second-order valence-corrected chi connectivity index (χ2v) is 9.21. The van der Waals surface area contributed by atoms with Crippen LogP contribution < -0.4 is 4.74 Å². The third kappa shape index (κ3) is 3.24. The lowest BCUT2D eigenvalue weighted by atomic mass is 10.1. The minimum Gasteiger partial charge on any atom is -0.477 e. The van der Waals surface area contributed by atoms with Crippen molar-refractivity contribution in [2.24, 2.45) is 0 Å². The average molecular weight is 446 g/mol. The Morgan fingerprint density at radius 3 is 2.62 bits per heavy atom. The smallest absolute Gasteiger partial charge is 0.364 e. The molecule has 3 heterocycles. The number of hydrogen-bond acceptors (Lipinski definition) is 5. The van der Waals surface area contributed by atoms with Gasteiger partial charge in [-0.15, -0.1) is 0 Å². The predicted molar refractivity (Wildman–Crippen MR) is 124 cm³/mol. The van der Waals surface area contributed by atoms with Crippen LogP contribution >= 0.6 is 11.8 Å². The molecule has 0 amide bonds. The van der Waals surface area contributed by atoms with Crippen molar-refractivity contribution in [1.82, 2.24) is 14.5 Å². The predicted octanol–water partition coefficient (Wildman–Crippen LogP) is 5.08. The van der Waals surface area contributed by atoms with Crippen LogP contribution in [0.15, 0.2) is 59.5 Å². The van der Waals surface area contributed by atoms with Crippen molar-refractivity contribution in [2.75, 3.05) is 0 Å². The molecule has 2 aromatic carbocycles. The van der Waals surface area contributed by atoms with Gasteiger partial charge >= 0.3 is 5.97 Å². The number of aliphatic carboxylic acids is 1. The van der Waals surface area contributed by atoms with E-state index in [0.717, 1.165) is 45.1 Å². The van der Waals surface area contributed by atoms with Gasteiger partial charge in [0, 0.05) is 17.7 Å². The molecule has 0 fully saturated rings. The van der Waals surface area contributed by atoms with Gasteiger partial charge in [-0.05, 0) is 43.2 Å². The van der Waals surface area contributed by atoms with Gasteiger partial charge in [0.25, 0.3) is 4.93 Å². The minimum absolute atomic E-state index is 0.585. The normalized spacial score (nSPS) is 17.3. The van der Waals surface area contributed by atoms with E-state index in [4.69, 9.17) is 14.7 Å². The van der Waals surface area contributed by atoms with E-state index < -0.39 is 10.9 Å². The van der Waals surface area contributed by atoms with E-state index in [1.165, 1.54) is 11.8 Å². The first-order chi connectivity index (χ1) is 15.4. The molecular weight excluding hydrogens is 422 g/mol. The summed E-state index contributed by atoms with van der Waals surface area (Å²) < 4.78 is 8.25. The Bertz CT molecular complexity index is 1350. The zero-order valence-electron chi connectivity index (χ0n) is 18.1. The summed E-state index contributed by atoms with van der Waals surface area (Å²) >= 11 is 1.22. The quantitative estimate of drug-likeness (QED) is 0.462. The summed E-state index contributed by atoms with van der Waals surface area (Å²) in [6.07, 6.45) is 0.794. The Balaban J connectivity index is 1.53. The van der Waals surface area contributed by atoms with Crippen LogP contribution in [0.25, 0.3) is 11.2 Å². The molecule has 0 saturated carbocycles. The third-order valence-corrected chi connectivity index (χ3v) is 7.05. The number of thioether (sulfide) groups is 1. The molecule has 0 saturated heterocycles. The van der Waals surface area contributed by atoms with E-state index in [-0.39, 0.29) is 0 Å². The fraction of sp³-hybridized carbons (Fsp3) is 0.240. The van der Waals surface area contributed by atoms with Crippen LogP contribution in [-0.4, -0.2) is 25.6 Å². The van der Waals surface area contributed by atoms with Gasteiger partial charge in [0.15, 0.2) is 5.65 Å². The highest BCUT2D eigenvalue weighted by molar-refractivity contribution is 8.01. The van der Waals surface area contributed by atoms with E-state index in [1.807, 2.05) is 43.3 Å². The Morgan fingerprint density at radius 2 is 1.91 bits per heavy atom. The molecule has 0 bridgehead atoms. The largest absolute Gasteiger partial charge is 0.477 e. The molecule has 6 nitrogen and oxygen atoms in total. The molecule has 162 valence electrons. The molecule has 1 aliphatic heterocycles. The fourth-order valence-corrected chi connectivity index (χ4v) is 5.32. The summed E-state index contributed by atoms with van der Waals surface area (Å²) in [5.41, 5.74) is 5.49. The van der Waals surface area contributed by atoms with Gasteiger partial charge in [0.1, 0.15) is 17.1 Å². The number of hydrogen-bond donors (Lipinski definition) is 1. The topological polar surface area (TPSA) is 77.2 Å². The van der Waals surface area contributed by atoms with E-state index in [0.29, 0.717) is 17.9 Å². The van der Waals surface area contributed by atoms with Gasteiger partial charge < -0.3 is 14.4 Å². The van der Waals surface area contributed by atoms with E-state index >= 15 is 0 Å². The second-order valence-electron chi connectivity index (χ2n) is 7.99. The zero-order chi connectivity index (χ0) is 22.5. The summed E-state index contributed by atoms with van der Waals surface area (Å²) in [7, 11) is 0. The number of carbonyl (C=O) groups is 1. The molecule has 2 aromatic heterocycles. The molecule has 1 aliphatic rings. The van der Waals surface area contributed by atoms with Crippen molar-refractivity contribution in [3.63, 3.8) is 0 Å². The first kappa shape index (κ1) is 20.6. The number of ether oxygens (including phenoxy) is 1. The molecule has 1 atom stereocenters. The van der Waals surface area contributed by atoms with E-state index in [9.17, 15) is 9.90 Å². The fourth-order valence-electron chi connectivity index (χ4n) is 4.20. The first-order valence-corrected chi connectivity index (χ1v) is 11.4. The summed E-state index contributed by atoms with van der Waals surface area (Å²) in [5, 5.41) is 10.0. The number of fused-ring (bicyclic) bond motifs is 2. The molecule has 1 N–H and O–H groups in total. The Labute approximate surface area is 190 Å². The van der Waals surface area contributed by atoms with Gasteiger partial charge in [-0.3, -0.25) is 0 Å². The highest BCUT2D eigenvalue weighted by Gasteiger charge is 2.49. The molecule has 5 rings (SSSR count). The maximum atomic E-state index is 12.3. The Morgan fingerprint density at radius 1 is 1.12 bits per heavy atom. The third-order valence-electron chi connectivity index (χ3n) is 5.71. The SMILES string of the molecule is CCc1nc2c(C)cc(C)nc2n1Cc1ccc2c(c1)OC(C(=O)O)(c1ccccc1)S2. The van der Waals surface area contributed by atoms with Crippen LogP contribution in [0, 0.1) is 13.8 Å². The van der Waals surface area contributed by atoms with Crippen molar-refractivity contribution >= 4 is 28.9 Å². The van der Waals surface area contributed by atoms with Crippen molar-refractivity contribution in [1.29, 1.82) is 0 Å². The zero-order valence-corrected chi connectivity index (χ0v) is 18.9. The van der Waals surface area contributed by atoms with Gasteiger partial charge in [0.2, 0.25) is 0 Å². The number of nitrogens with zero attached hydrogens (tertiary/aromatic N) is 3. The second kappa shape index (κ2) is 7.67. The van der Waals surface area contributed by atoms with Gasteiger partial charge in [-0.25, -0.2) is 14.8 Å². The molecule has 4 aromatic rings. The molecule has 32 heavy (non-hydrogen) atoms. The van der Waals surface area contributed by atoms with Crippen LogP contribution in [0.4, 0.5) is 0 Å². The number of benzene rings is 2. The highest BCUT2D eigenvalue weighted by Crippen LogP contribution is 2.53. The average Bonchev–Trinajstić information content (AvgIpc) is 3.34. The molecule has 0 spiro atoms. The number of aryl methyl sites for hydroxylation is 3. The van der Waals surface area contributed by atoms with Gasteiger partial charge in [-0.2, -0.15) is 0 Å². The van der Waals surface area contributed by atoms with Crippen molar-refractivity contribution < 1.29 is 14.6 Å². The number of carboxylic acids is 1. The van der Waals surface area contributed by atoms with Crippen LogP contribution in [0.1, 0.15) is 35.1 Å². The van der Waals surface area contributed by atoms with Crippen molar-refractivity contribution in [2.45, 2.75) is 43.6 Å². The maximum absolute atomic E-state index is 12.3. The number of rotatable bonds is 5. The lowest BCUT2D eigenvalue weighted by molar-refractivity contribution is -0.147. The minimum atomic E-state index is -1.48. The van der Waals surface area contributed by atoms with E-state index in [2.05, 4.69) is 24.5 Å². The van der Waals surface area contributed by atoms with Gasteiger partial charge in [0.05, 0.1) is 11.4 Å². The number of carboxylic acid groups (broad SMARTS) is 1. The molecule has 1 unspecified atom stereocenters. The summed E-state index contributed by atoms with van der Waals surface area (Å²) in [6.45, 7) is 6.72. The van der Waals surface area contributed by atoms with Crippen LogP contribution in [0.5, 0.6) is 5.75 Å². The number of aromatic nitrogens is 3. The lowest BCUT2D eigenvalue weighted by Gasteiger charge is -2.23. The number of imidazole rings is 1. The highest BCUT2D eigenvalue weighted by atomic mass is 32.2.